The summed E-state index contributed by atoms with van der Waals surface area (Å²) in [5.41, 5.74) is 0.0467. The van der Waals surface area contributed by atoms with Crippen molar-refractivity contribution in [1.29, 1.82) is 0 Å². The summed E-state index contributed by atoms with van der Waals surface area (Å²) in [4.78, 5) is 14.3. The molecule has 0 aromatic carbocycles. The van der Waals surface area contributed by atoms with Crippen molar-refractivity contribution in [3.05, 3.63) is 29.8 Å². The number of aromatic nitrogens is 1. The number of carbonyl (C=O) groups is 1. The van der Waals surface area contributed by atoms with Gasteiger partial charge >= 0.3 is 5.97 Å². The normalized spacial score (nSPS) is 12.2. The molecule has 1 N–H and O–H groups in total. The minimum Gasteiger partial charge on any atom is -0.469 e. The molecule has 0 unspecified atom stereocenters. The van der Waals surface area contributed by atoms with Crippen molar-refractivity contribution in [2.75, 3.05) is 7.11 Å². The largest absolute Gasteiger partial charge is 0.469 e. The van der Waals surface area contributed by atoms with Gasteiger partial charge < -0.3 is 9.84 Å². The molecule has 0 saturated carbocycles. The summed E-state index contributed by atoms with van der Waals surface area (Å²) in [5, 5.41) is 9.43. The Bertz CT molecular complexity index is 330. The molecule has 0 spiro atoms. The van der Waals surface area contributed by atoms with E-state index in [0.29, 0.717) is 0 Å². The zero-order valence-corrected chi connectivity index (χ0v) is 7.61. The van der Waals surface area contributed by atoms with Crippen molar-refractivity contribution in [2.45, 2.75) is 12.5 Å². The van der Waals surface area contributed by atoms with E-state index in [2.05, 4.69) is 9.72 Å². The van der Waals surface area contributed by atoms with Crippen molar-refractivity contribution in [3.8, 4) is 0 Å². The highest BCUT2D eigenvalue weighted by Gasteiger charge is 2.16. The molecule has 5 heteroatoms. The lowest BCUT2D eigenvalue weighted by Gasteiger charge is -2.09. The van der Waals surface area contributed by atoms with E-state index in [1.54, 1.807) is 0 Å². The van der Waals surface area contributed by atoms with Crippen molar-refractivity contribution >= 4 is 5.97 Å². The van der Waals surface area contributed by atoms with E-state index >= 15 is 0 Å². The van der Waals surface area contributed by atoms with E-state index in [-0.39, 0.29) is 12.0 Å². The number of nitrogens with zero attached hydrogens (tertiary/aromatic N) is 1. The van der Waals surface area contributed by atoms with Gasteiger partial charge in [-0.05, 0) is 6.07 Å². The topological polar surface area (TPSA) is 59.4 Å². The Kier molecular flexibility index (Phi) is 3.53. The lowest BCUT2D eigenvalue weighted by Crippen LogP contribution is -2.09. The van der Waals surface area contributed by atoms with Gasteiger partial charge in [-0.3, -0.25) is 9.78 Å². The maximum atomic E-state index is 13.0. The molecule has 1 heterocycles. The molecule has 14 heavy (non-hydrogen) atoms. The number of carbonyl (C=O) groups excluding carboxylic acids is 1. The van der Waals surface area contributed by atoms with Crippen molar-refractivity contribution < 1.29 is 19.0 Å². The predicted molar refractivity (Wildman–Crippen MR) is 45.8 cm³/mol. The lowest BCUT2D eigenvalue weighted by atomic mass is 10.1. The van der Waals surface area contributed by atoms with Crippen LogP contribution in [0.15, 0.2) is 18.5 Å². The summed E-state index contributed by atoms with van der Waals surface area (Å²) < 4.78 is 17.4. The van der Waals surface area contributed by atoms with Crippen LogP contribution in [-0.2, 0) is 9.53 Å². The van der Waals surface area contributed by atoms with E-state index in [0.717, 1.165) is 6.20 Å². The SMILES string of the molecule is COC(=O)C[C@H](O)c1ccncc1F. The van der Waals surface area contributed by atoms with Crippen LogP contribution in [-0.4, -0.2) is 23.2 Å². The first-order chi connectivity index (χ1) is 6.65. The third-order valence-corrected chi connectivity index (χ3v) is 1.75. The number of esters is 1. The highest BCUT2D eigenvalue weighted by Crippen LogP contribution is 2.18. The second kappa shape index (κ2) is 4.66. The number of aliphatic hydroxyl groups excluding tert-OH is 1. The molecule has 0 amide bonds. The molecule has 1 aromatic heterocycles. The number of halogens is 1. The minimum absolute atomic E-state index is 0.0467. The molecular weight excluding hydrogens is 189 g/mol. The molecule has 0 radical (unpaired) electrons. The van der Waals surface area contributed by atoms with E-state index < -0.39 is 17.9 Å². The third kappa shape index (κ3) is 2.50. The molecule has 1 aromatic rings. The van der Waals surface area contributed by atoms with Gasteiger partial charge in [-0.25, -0.2) is 4.39 Å². The van der Waals surface area contributed by atoms with Gasteiger partial charge in [0.2, 0.25) is 0 Å². The van der Waals surface area contributed by atoms with Crippen LogP contribution < -0.4 is 0 Å². The number of hydrogen-bond donors (Lipinski definition) is 1. The Labute approximate surface area is 80.3 Å². The first-order valence-corrected chi connectivity index (χ1v) is 3.99. The molecule has 0 aliphatic rings. The zero-order chi connectivity index (χ0) is 10.6. The Morgan fingerprint density at radius 2 is 2.50 bits per heavy atom. The van der Waals surface area contributed by atoms with Crippen LogP contribution in [0.4, 0.5) is 4.39 Å². The third-order valence-electron chi connectivity index (χ3n) is 1.75. The summed E-state index contributed by atoms with van der Waals surface area (Å²) in [5.74, 6) is -1.22. The molecule has 1 rings (SSSR count). The van der Waals surface area contributed by atoms with Crippen LogP contribution in [0.2, 0.25) is 0 Å². The molecule has 0 aliphatic heterocycles. The van der Waals surface area contributed by atoms with Gasteiger partial charge in [0.15, 0.2) is 0 Å². The quantitative estimate of drug-likeness (QED) is 0.732. The number of aliphatic hydroxyl groups is 1. The number of methoxy groups -OCH3 is 1. The molecule has 4 nitrogen and oxygen atoms in total. The van der Waals surface area contributed by atoms with Gasteiger partial charge in [-0.2, -0.15) is 0 Å². The summed E-state index contributed by atoms with van der Waals surface area (Å²) in [6.07, 6.45) is 0.872. The molecular formula is C9H10FNO3. The molecule has 76 valence electrons. The molecule has 0 saturated heterocycles. The van der Waals surface area contributed by atoms with Gasteiger partial charge in [0.1, 0.15) is 5.82 Å². The Morgan fingerprint density at radius 3 is 3.07 bits per heavy atom. The summed E-state index contributed by atoms with van der Waals surface area (Å²) >= 11 is 0. The lowest BCUT2D eigenvalue weighted by molar-refractivity contribution is -0.142. The summed E-state index contributed by atoms with van der Waals surface area (Å²) in [6, 6.07) is 1.32. The zero-order valence-electron chi connectivity index (χ0n) is 7.61. The average Bonchev–Trinajstić information content (AvgIpc) is 2.18. The summed E-state index contributed by atoms with van der Waals surface area (Å²) in [7, 11) is 1.21. The Morgan fingerprint density at radius 1 is 1.79 bits per heavy atom. The van der Waals surface area contributed by atoms with Crippen molar-refractivity contribution in [2.24, 2.45) is 0 Å². The standard InChI is InChI=1S/C9H10FNO3/c1-14-9(13)4-8(12)6-2-3-11-5-7(6)10/h2-3,5,8,12H,4H2,1H3/t8-/m0/s1. The molecule has 1 atom stereocenters. The number of pyridine rings is 1. The van der Waals surface area contributed by atoms with Gasteiger partial charge in [-0.1, -0.05) is 0 Å². The van der Waals surface area contributed by atoms with Crippen molar-refractivity contribution in [3.63, 3.8) is 0 Å². The molecule has 0 fully saturated rings. The second-order valence-electron chi connectivity index (χ2n) is 2.69. The fraction of sp³-hybridized carbons (Fsp3) is 0.333. The van der Waals surface area contributed by atoms with Gasteiger partial charge in [0, 0.05) is 11.8 Å². The van der Waals surface area contributed by atoms with Crippen LogP contribution in [0, 0.1) is 5.82 Å². The van der Waals surface area contributed by atoms with E-state index in [1.165, 1.54) is 19.4 Å². The fourth-order valence-corrected chi connectivity index (χ4v) is 1.01. The predicted octanol–water partition coefficient (Wildman–Crippen LogP) is 0.817. The maximum Gasteiger partial charge on any atom is 0.308 e. The second-order valence-corrected chi connectivity index (χ2v) is 2.69. The molecule has 0 bridgehead atoms. The van der Waals surface area contributed by atoms with Crippen LogP contribution in [0.1, 0.15) is 18.1 Å². The Hall–Kier alpha value is -1.49. The first kappa shape index (κ1) is 10.6. The average molecular weight is 199 g/mol. The fourth-order valence-electron chi connectivity index (χ4n) is 1.01. The highest BCUT2D eigenvalue weighted by atomic mass is 19.1. The smallest absolute Gasteiger partial charge is 0.308 e. The van der Waals surface area contributed by atoms with Gasteiger partial charge in [-0.15, -0.1) is 0 Å². The Balaban J connectivity index is 2.74. The van der Waals surface area contributed by atoms with Crippen LogP contribution >= 0.6 is 0 Å². The van der Waals surface area contributed by atoms with Crippen LogP contribution in [0.25, 0.3) is 0 Å². The van der Waals surface area contributed by atoms with E-state index in [1.807, 2.05) is 0 Å². The van der Waals surface area contributed by atoms with Crippen molar-refractivity contribution in [1.82, 2.24) is 4.98 Å². The van der Waals surface area contributed by atoms with E-state index in [4.69, 9.17) is 0 Å². The maximum absolute atomic E-state index is 13.0. The number of rotatable bonds is 3. The number of hydrogen-bond acceptors (Lipinski definition) is 4. The number of ether oxygens (including phenoxy) is 1. The first-order valence-electron chi connectivity index (χ1n) is 3.99. The molecule has 0 aliphatic carbocycles. The van der Waals surface area contributed by atoms with E-state index in [9.17, 15) is 14.3 Å². The highest BCUT2D eigenvalue weighted by molar-refractivity contribution is 5.70. The summed E-state index contributed by atoms with van der Waals surface area (Å²) in [6.45, 7) is 0. The minimum atomic E-state index is -1.19. The van der Waals surface area contributed by atoms with Crippen LogP contribution in [0.3, 0.4) is 0 Å². The van der Waals surface area contributed by atoms with Gasteiger partial charge in [0.25, 0.3) is 0 Å². The monoisotopic (exact) mass is 199 g/mol. The van der Waals surface area contributed by atoms with Crippen LogP contribution in [0.5, 0.6) is 0 Å². The van der Waals surface area contributed by atoms with Gasteiger partial charge in [0.05, 0.1) is 25.8 Å².